The normalized spacial score (nSPS) is 10.5. The van der Waals surface area contributed by atoms with Crippen molar-refractivity contribution in [1.29, 1.82) is 0 Å². The Kier molecular flexibility index (Phi) is 3.35. The second-order valence-corrected chi connectivity index (χ2v) is 4.10. The van der Waals surface area contributed by atoms with Crippen LogP contribution in [0.3, 0.4) is 0 Å². The van der Waals surface area contributed by atoms with Crippen LogP contribution >= 0.6 is 0 Å². The van der Waals surface area contributed by atoms with Crippen LogP contribution in [0.4, 0.5) is 0 Å². The molecule has 1 aromatic rings. The number of nitrogens with zero attached hydrogens (tertiary/aromatic N) is 1. The standard InChI is InChI=1S/C12H17NO2/c1-8(2)9-6-5-7-10(11(9)14)12(15)13(3)4/h5-8,14H,1-4H3. The van der Waals surface area contributed by atoms with E-state index in [0.717, 1.165) is 5.56 Å². The Morgan fingerprint density at radius 3 is 2.40 bits per heavy atom. The number of rotatable bonds is 2. The molecule has 3 nitrogen and oxygen atoms in total. The molecule has 82 valence electrons. The molecule has 1 amide bonds. The molecule has 0 fully saturated rings. The zero-order valence-corrected chi connectivity index (χ0v) is 9.61. The lowest BCUT2D eigenvalue weighted by Crippen LogP contribution is -2.22. The number of hydrogen-bond donors (Lipinski definition) is 1. The molecule has 0 aliphatic rings. The number of carbonyl (C=O) groups is 1. The number of phenols is 1. The van der Waals surface area contributed by atoms with E-state index in [9.17, 15) is 9.90 Å². The van der Waals surface area contributed by atoms with Gasteiger partial charge < -0.3 is 10.0 Å². The topological polar surface area (TPSA) is 40.5 Å². The summed E-state index contributed by atoms with van der Waals surface area (Å²) in [7, 11) is 3.34. The molecule has 3 heteroatoms. The molecule has 0 aliphatic carbocycles. The van der Waals surface area contributed by atoms with E-state index in [2.05, 4.69) is 0 Å². The first kappa shape index (κ1) is 11.6. The third-order valence-corrected chi connectivity index (χ3v) is 2.33. The van der Waals surface area contributed by atoms with Crippen LogP contribution < -0.4 is 0 Å². The van der Waals surface area contributed by atoms with E-state index in [1.54, 1.807) is 26.2 Å². The molecule has 0 atom stereocenters. The molecular weight excluding hydrogens is 190 g/mol. The lowest BCUT2D eigenvalue weighted by Gasteiger charge is -2.15. The van der Waals surface area contributed by atoms with Gasteiger partial charge in [0.1, 0.15) is 5.75 Å². The molecule has 0 saturated carbocycles. The number of para-hydroxylation sites is 1. The van der Waals surface area contributed by atoms with Crippen molar-refractivity contribution in [1.82, 2.24) is 4.90 Å². The monoisotopic (exact) mass is 207 g/mol. The van der Waals surface area contributed by atoms with Gasteiger partial charge in [0.2, 0.25) is 0 Å². The molecule has 0 bridgehead atoms. The van der Waals surface area contributed by atoms with E-state index in [4.69, 9.17) is 0 Å². The minimum atomic E-state index is -0.171. The summed E-state index contributed by atoms with van der Waals surface area (Å²) in [5, 5.41) is 9.93. The van der Waals surface area contributed by atoms with Gasteiger partial charge in [-0.15, -0.1) is 0 Å². The fourth-order valence-electron chi connectivity index (χ4n) is 1.44. The van der Waals surface area contributed by atoms with Crippen molar-refractivity contribution in [3.8, 4) is 5.75 Å². The van der Waals surface area contributed by atoms with Crippen LogP contribution in [0, 0.1) is 0 Å². The highest BCUT2D eigenvalue weighted by atomic mass is 16.3. The fourth-order valence-corrected chi connectivity index (χ4v) is 1.44. The summed E-state index contributed by atoms with van der Waals surface area (Å²) in [6, 6.07) is 5.28. The average molecular weight is 207 g/mol. The van der Waals surface area contributed by atoms with E-state index < -0.39 is 0 Å². The van der Waals surface area contributed by atoms with Crippen molar-refractivity contribution in [3.63, 3.8) is 0 Å². The number of aromatic hydroxyl groups is 1. The SMILES string of the molecule is CC(C)c1cccc(C(=O)N(C)C)c1O. The fraction of sp³-hybridized carbons (Fsp3) is 0.417. The van der Waals surface area contributed by atoms with Gasteiger partial charge in [0.15, 0.2) is 0 Å². The van der Waals surface area contributed by atoms with Gasteiger partial charge in [-0.05, 0) is 17.5 Å². The van der Waals surface area contributed by atoms with Crippen molar-refractivity contribution in [2.75, 3.05) is 14.1 Å². The quantitative estimate of drug-likeness (QED) is 0.807. The number of amides is 1. The highest BCUT2D eigenvalue weighted by molar-refractivity contribution is 5.96. The van der Waals surface area contributed by atoms with E-state index in [1.165, 1.54) is 4.90 Å². The predicted molar refractivity (Wildman–Crippen MR) is 60.2 cm³/mol. The Morgan fingerprint density at radius 1 is 1.33 bits per heavy atom. The molecule has 0 radical (unpaired) electrons. The number of benzene rings is 1. The Balaban J connectivity index is 3.21. The lowest BCUT2D eigenvalue weighted by atomic mass is 9.99. The van der Waals surface area contributed by atoms with Crippen LogP contribution in [0.15, 0.2) is 18.2 Å². The molecule has 1 rings (SSSR count). The van der Waals surface area contributed by atoms with E-state index in [0.29, 0.717) is 5.56 Å². The number of hydrogen-bond acceptors (Lipinski definition) is 2. The Hall–Kier alpha value is -1.51. The average Bonchev–Trinajstić information content (AvgIpc) is 2.16. The van der Waals surface area contributed by atoms with Gasteiger partial charge in [-0.25, -0.2) is 0 Å². The summed E-state index contributed by atoms with van der Waals surface area (Å²) < 4.78 is 0. The molecular formula is C12H17NO2. The minimum absolute atomic E-state index is 0.103. The molecule has 0 saturated heterocycles. The van der Waals surface area contributed by atoms with Crippen molar-refractivity contribution in [2.45, 2.75) is 19.8 Å². The molecule has 1 N–H and O–H groups in total. The largest absolute Gasteiger partial charge is 0.507 e. The molecule has 15 heavy (non-hydrogen) atoms. The van der Waals surface area contributed by atoms with Crippen molar-refractivity contribution in [3.05, 3.63) is 29.3 Å². The van der Waals surface area contributed by atoms with Crippen LogP contribution in [0.5, 0.6) is 5.75 Å². The van der Waals surface area contributed by atoms with Crippen molar-refractivity contribution in [2.24, 2.45) is 0 Å². The number of phenolic OH excluding ortho intramolecular Hbond substituents is 1. The first-order valence-corrected chi connectivity index (χ1v) is 4.98. The maximum Gasteiger partial charge on any atom is 0.257 e. The Labute approximate surface area is 90.3 Å². The van der Waals surface area contributed by atoms with Gasteiger partial charge >= 0.3 is 0 Å². The van der Waals surface area contributed by atoms with Crippen LogP contribution in [0.1, 0.15) is 35.7 Å². The summed E-state index contributed by atoms with van der Waals surface area (Å²) in [4.78, 5) is 13.2. The maximum absolute atomic E-state index is 11.7. The van der Waals surface area contributed by atoms with E-state index >= 15 is 0 Å². The van der Waals surface area contributed by atoms with Gasteiger partial charge in [0.25, 0.3) is 5.91 Å². The first-order chi connectivity index (χ1) is 6.95. The van der Waals surface area contributed by atoms with Crippen LogP contribution in [-0.2, 0) is 0 Å². The minimum Gasteiger partial charge on any atom is -0.507 e. The zero-order chi connectivity index (χ0) is 11.6. The smallest absolute Gasteiger partial charge is 0.257 e. The van der Waals surface area contributed by atoms with E-state index in [1.807, 2.05) is 19.9 Å². The van der Waals surface area contributed by atoms with Gasteiger partial charge in [0, 0.05) is 14.1 Å². The Morgan fingerprint density at radius 2 is 1.93 bits per heavy atom. The first-order valence-electron chi connectivity index (χ1n) is 4.98. The third-order valence-electron chi connectivity index (χ3n) is 2.33. The third kappa shape index (κ3) is 2.29. The van der Waals surface area contributed by atoms with Crippen molar-refractivity contribution >= 4 is 5.91 Å². The summed E-state index contributed by atoms with van der Waals surface area (Å²) >= 11 is 0. The van der Waals surface area contributed by atoms with Crippen LogP contribution in [0.25, 0.3) is 0 Å². The summed E-state index contributed by atoms with van der Waals surface area (Å²) in [6.45, 7) is 3.97. The highest BCUT2D eigenvalue weighted by Crippen LogP contribution is 2.29. The maximum atomic E-state index is 11.7. The molecule has 1 aromatic carbocycles. The molecule has 0 unspecified atom stereocenters. The molecule has 0 aromatic heterocycles. The summed E-state index contributed by atoms with van der Waals surface area (Å²) in [5.74, 6) is 0.140. The summed E-state index contributed by atoms with van der Waals surface area (Å²) in [5.41, 5.74) is 1.17. The van der Waals surface area contributed by atoms with Crippen LogP contribution in [0.2, 0.25) is 0 Å². The predicted octanol–water partition coefficient (Wildman–Crippen LogP) is 2.22. The van der Waals surface area contributed by atoms with Gasteiger partial charge in [0.05, 0.1) is 5.56 Å². The Bertz CT molecular complexity index is 370. The van der Waals surface area contributed by atoms with Gasteiger partial charge in [-0.2, -0.15) is 0 Å². The second-order valence-electron chi connectivity index (χ2n) is 4.10. The molecule has 0 spiro atoms. The lowest BCUT2D eigenvalue weighted by molar-refractivity contribution is 0.0824. The second kappa shape index (κ2) is 4.34. The van der Waals surface area contributed by atoms with Gasteiger partial charge in [-0.3, -0.25) is 4.79 Å². The number of carbonyl (C=O) groups excluding carboxylic acids is 1. The van der Waals surface area contributed by atoms with Gasteiger partial charge in [-0.1, -0.05) is 26.0 Å². The highest BCUT2D eigenvalue weighted by Gasteiger charge is 2.16. The van der Waals surface area contributed by atoms with Crippen molar-refractivity contribution < 1.29 is 9.90 Å². The molecule has 0 aliphatic heterocycles. The summed E-state index contributed by atoms with van der Waals surface area (Å²) in [6.07, 6.45) is 0. The molecule has 0 heterocycles. The van der Waals surface area contributed by atoms with E-state index in [-0.39, 0.29) is 17.6 Å². The van der Waals surface area contributed by atoms with Crippen LogP contribution in [-0.4, -0.2) is 30.0 Å². The zero-order valence-electron chi connectivity index (χ0n) is 9.61.